The molecule has 0 heterocycles. The zero-order chi connectivity index (χ0) is 43.7. The van der Waals surface area contributed by atoms with Gasteiger partial charge in [-0.2, -0.15) is 0 Å². The second-order valence-corrected chi connectivity index (χ2v) is 15.7. The van der Waals surface area contributed by atoms with E-state index >= 15 is 0 Å². The third-order valence-corrected chi connectivity index (χ3v) is 9.85. The highest BCUT2D eigenvalue weighted by Gasteiger charge is 2.19. The molecule has 0 N–H and O–H groups in total. The van der Waals surface area contributed by atoms with Gasteiger partial charge >= 0.3 is 17.9 Å². The van der Waals surface area contributed by atoms with E-state index < -0.39 is 6.10 Å². The van der Waals surface area contributed by atoms with E-state index in [9.17, 15) is 14.4 Å². The Morgan fingerprint density at radius 1 is 0.367 bits per heavy atom. The molecule has 60 heavy (non-hydrogen) atoms. The molecule has 0 bridgehead atoms. The maximum absolute atomic E-state index is 12.8. The SMILES string of the molecule is CC\C=C/C=C\C=C/CCCCCCCCCC(=O)OC(COC(=O)CCC/C=C\C/C=C\C/C=C\C/C=C\CCCCC)COC(=O)CCCCCC/C=C\CCCC. The van der Waals surface area contributed by atoms with Crippen LogP contribution in [-0.2, 0) is 28.6 Å². The van der Waals surface area contributed by atoms with Crippen molar-refractivity contribution in [3.63, 3.8) is 0 Å². The lowest BCUT2D eigenvalue weighted by Gasteiger charge is -2.18. The maximum Gasteiger partial charge on any atom is 0.306 e. The van der Waals surface area contributed by atoms with E-state index in [1.165, 1.54) is 57.8 Å². The molecule has 0 aliphatic rings. The first-order valence-corrected chi connectivity index (χ1v) is 24.3. The number of esters is 3. The van der Waals surface area contributed by atoms with Gasteiger partial charge in [0.05, 0.1) is 0 Å². The number of allylic oxidation sites excluding steroid dienone is 16. The molecular weight excluding hydrogens is 745 g/mol. The molecule has 0 aromatic rings. The number of ether oxygens (including phenoxy) is 3. The third-order valence-electron chi connectivity index (χ3n) is 9.85. The molecule has 0 saturated carbocycles. The number of rotatable bonds is 42. The number of unbranched alkanes of at least 4 members (excludes halogenated alkanes) is 17. The van der Waals surface area contributed by atoms with Crippen LogP contribution in [0, 0.1) is 0 Å². The number of carbonyl (C=O) groups is 3. The van der Waals surface area contributed by atoms with Crippen LogP contribution in [0.25, 0.3) is 0 Å². The second-order valence-electron chi connectivity index (χ2n) is 15.7. The standard InChI is InChI=1S/C54H88O6/c1-4-7-10-13-16-19-22-24-26-27-29-30-32-35-38-41-44-47-53(56)59-50-51(49-58-52(55)46-43-40-37-34-21-18-15-12-9-6-3)60-54(57)48-45-42-39-36-33-31-28-25-23-20-17-14-11-8-5-2/h8,11,14-20,23-24,26,29-30,35,38,51H,4-7,9-10,12-13,21-22,25,27-28,31-34,36-37,39-50H2,1-3H3/b11-8-,17-14-,18-15-,19-16-,23-20-,26-24-,30-29-,38-35-. The average Bonchev–Trinajstić information content (AvgIpc) is 3.24. The fourth-order valence-corrected chi connectivity index (χ4v) is 6.18. The van der Waals surface area contributed by atoms with Gasteiger partial charge in [0.15, 0.2) is 6.10 Å². The zero-order valence-corrected chi connectivity index (χ0v) is 38.7. The van der Waals surface area contributed by atoms with Crippen molar-refractivity contribution >= 4 is 17.9 Å². The van der Waals surface area contributed by atoms with Crippen molar-refractivity contribution in [1.29, 1.82) is 0 Å². The van der Waals surface area contributed by atoms with E-state index in [1.54, 1.807) is 0 Å². The van der Waals surface area contributed by atoms with Gasteiger partial charge < -0.3 is 14.2 Å². The van der Waals surface area contributed by atoms with E-state index in [-0.39, 0.29) is 37.5 Å². The minimum absolute atomic E-state index is 0.107. The number of hydrogen-bond acceptors (Lipinski definition) is 6. The van der Waals surface area contributed by atoms with Crippen molar-refractivity contribution in [2.75, 3.05) is 13.2 Å². The monoisotopic (exact) mass is 833 g/mol. The van der Waals surface area contributed by atoms with Crippen LogP contribution >= 0.6 is 0 Å². The molecule has 0 aliphatic carbocycles. The van der Waals surface area contributed by atoms with Crippen molar-refractivity contribution < 1.29 is 28.6 Å². The van der Waals surface area contributed by atoms with Gasteiger partial charge in [0.25, 0.3) is 0 Å². The van der Waals surface area contributed by atoms with Crippen LogP contribution in [0.3, 0.4) is 0 Å². The molecule has 0 amide bonds. The molecular formula is C54H88O6. The first-order valence-electron chi connectivity index (χ1n) is 24.3. The van der Waals surface area contributed by atoms with Crippen LogP contribution in [0.1, 0.15) is 207 Å². The van der Waals surface area contributed by atoms with Crippen LogP contribution in [0.15, 0.2) is 97.2 Å². The Hall–Kier alpha value is -3.67. The van der Waals surface area contributed by atoms with Crippen molar-refractivity contribution in [2.45, 2.75) is 213 Å². The van der Waals surface area contributed by atoms with Crippen LogP contribution in [0.4, 0.5) is 0 Å². The predicted molar refractivity (Wildman–Crippen MR) is 256 cm³/mol. The highest BCUT2D eigenvalue weighted by molar-refractivity contribution is 5.71. The van der Waals surface area contributed by atoms with Crippen molar-refractivity contribution in [2.24, 2.45) is 0 Å². The fraction of sp³-hybridized carbons (Fsp3) is 0.648. The maximum atomic E-state index is 12.8. The van der Waals surface area contributed by atoms with E-state index in [1.807, 2.05) is 0 Å². The molecule has 1 atom stereocenters. The summed E-state index contributed by atoms with van der Waals surface area (Å²) in [6.07, 6.45) is 62.5. The molecule has 0 spiro atoms. The van der Waals surface area contributed by atoms with Crippen LogP contribution in [-0.4, -0.2) is 37.2 Å². The van der Waals surface area contributed by atoms with E-state index in [2.05, 4.69) is 118 Å². The van der Waals surface area contributed by atoms with Crippen molar-refractivity contribution in [3.8, 4) is 0 Å². The lowest BCUT2D eigenvalue weighted by atomic mass is 10.1. The summed E-state index contributed by atoms with van der Waals surface area (Å²) in [5.74, 6) is -0.998. The molecule has 1 unspecified atom stereocenters. The van der Waals surface area contributed by atoms with Gasteiger partial charge in [-0.05, 0) is 96.3 Å². The third kappa shape index (κ3) is 45.4. The summed E-state index contributed by atoms with van der Waals surface area (Å²) < 4.78 is 16.7. The molecule has 0 aromatic carbocycles. The highest BCUT2D eigenvalue weighted by Crippen LogP contribution is 2.13. The second kappa shape index (κ2) is 48.0. The van der Waals surface area contributed by atoms with Crippen molar-refractivity contribution in [1.82, 2.24) is 0 Å². The summed E-state index contributed by atoms with van der Waals surface area (Å²) in [5.41, 5.74) is 0. The Morgan fingerprint density at radius 2 is 0.750 bits per heavy atom. The molecule has 340 valence electrons. The molecule has 0 radical (unpaired) electrons. The van der Waals surface area contributed by atoms with Gasteiger partial charge in [-0.3, -0.25) is 14.4 Å². The van der Waals surface area contributed by atoms with Crippen molar-refractivity contribution in [3.05, 3.63) is 97.2 Å². The Morgan fingerprint density at radius 3 is 1.28 bits per heavy atom. The molecule has 0 aliphatic heterocycles. The van der Waals surface area contributed by atoms with Crippen LogP contribution in [0.5, 0.6) is 0 Å². The average molecular weight is 833 g/mol. The first kappa shape index (κ1) is 56.3. The molecule has 0 fully saturated rings. The Kier molecular flexibility index (Phi) is 45.1. The minimum Gasteiger partial charge on any atom is -0.462 e. The Bertz CT molecular complexity index is 1230. The van der Waals surface area contributed by atoms with Gasteiger partial charge in [-0.25, -0.2) is 0 Å². The van der Waals surface area contributed by atoms with E-state index in [0.717, 1.165) is 103 Å². The summed E-state index contributed by atoms with van der Waals surface area (Å²) in [4.78, 5) is 37.8. The lowest BCUT2D eigenvalue weighted by Crippen LogP contribution is -2.30. The van der Waals surface area contributed by atoms with Crippen LogP contribution in [0.2, 0.25) is 0 Å². The quantitative estimate of drug-likeness (QED) is 0.0200. The van der Waals surface area contributed by atoms with Crippen LogP contribution < -0.4 is 0 Å². The summed E-state index contributed by atoms with van der Waals surface area (Å²) in [6, 6.07) is 0. The predicted octanol–water partition coefficient (Wildman–Crippen LogP) is 15.8. The normalized spacial score (nSPS) is 12.9. The summed E-state index contributed by atoms with van der Waals surface area (Å²) in [6.45, 7) is 6.35. The van der Waals surface area contributed by atoms with E-state index in [0.29, 0.717) is 19.3 Å². The summed E-state index contributed by atoms with van der Waals surface area (Å²) in [7, 11) is 0. The highest BCUT2D eigenvalue weighted by atomic mass is 16.6. The fourth-order valence-electron chi connectivity index (χ4n) is 6.18. The lowest BCUT2D eigenvalue weighted by molar-refractivity contribution is -0.167. The smallest absolute Gasteiger partial charge is 0.306 e. The topological polar surface area (TPSA) is 78.9 Å². The molecule has 6 heteroatoms. The van der Waals surface area contributed by atoms with Gasteiger partial charge in [0.1, 0.15) is 13.2 Å². The van der Waals surface area contributed by atoms with Gasteiger partial charge in [-0.15, -0.1) is 0 Å². The largest absolute Gasteiger partial charge is 0.462 e. The summed E-state index contributed by atoms with van der Waals surface area (Å²) in [5, 5.41) is 0. The van der Waals surface area contributed by atoms with E-state index in [4.69, 9.17) is 14.2 Å². The first-order chi connectivity index (χ1) is 29.5. The zero-order valence-electron chi connectivity index (χ0n) is 38.7. The Balaban J connectivity index is 4.50. The van der Waals surface area contributed by atoms with Gasteiger partial charge in [0.2, 0.25) is 0 Å². The van der Waals surface area contributed by atoms with Gasteiger partial charge in [0, 0.05) is 19.3 Å². The molecule has 0 rings (SSSR count). The number of hydrogen-bond donors (Lipinski definition) is 0. The minimum atomic E-state index is -0.809. The number of carbonyl (C=O) groups excluding carboxylic acids is 3. The summed E-state index contributed by atoms with van der Waals surface area (Å²) >= 11 is 0. The van der Waals surface area contributed by atoms with Gasteiger partial charge in [-0.1, -0.05) is 189 Å². The molecule has 0 saturated heterocycles. The molecule has 0 aromatic heterocycles. The molecule has 6 nitrogen and oxygen atoms in total. The Labute approximate surface area is 368 Å².